The van der Waals surface area contributed by atoms with Gasteiger partial charge in [-0.2, -0.15) is 0 Å². The summed E-state index contributed by atoms with van der Waals surface area (Å²) in [6, 6.07) is 0.403. The molecular formula is C12H24N2O. The molecule has 3 nitrogen and oxygen atoms in total. The zero-order valence-corrected chi connectivity index (χ0v) is 10.3. The second-order valence-electron chi connectivity index (χ2n) is 4.37. The Labute approximate surface area is 93.5 Å². The van der Waals surface area contributed by atoms with Gasteiger partial charge in [-0.15, -0.1) is 0 Å². The molecule has 0 aromatic carbocycles. The molecule has 2 atom stereocenters. The Morgan fingerprint density at radius 1 is 1.67 bits per heavy atom. The monoisotopic (exact) mass is 212 g/mol. The fourth-order valence-corrected chi connectivity index (χ4v) is 1.93. The van der Waals surface area contributed by atoms with Gasteiger partial charge in [-0.1, -0.05) is 19.1 Å². The summed E-state index contributed by atoms with van der Waals surface area (Å²) in [7, 11) is 4.16. The Hall–Kier alpha value is -0.380. The van der Waals surface area contributed by atoms with Gasteiger partial charge in [0.05, 0.1) is 12.7 Å². The largest absolute Gasteiger partial charge is 0.374 e. The summed E-state index contributed by atoms with van der Waals surface area (Å²) in [5.41, 5.74) is 1.30. The van der Waals surface area contributed by atoms with E-state index in [0.717, 1.165) is 32.5 Å². The zero-order valence-electron chi connectivity index (χ0n) is 10.3. The van der Waals surface area contributed by atoms with Gasteiger partial charge in [0.15, 0.2) is 0 Å². The molecule has 1 heterocycles. The first-order valence-corrected chi connectivity index (χ1v) is 5.81. The molecule has 1 aliphatic rings. The van der Waals surface area contributed by atoms with Crippen LogP contribution >= 0.6 is 0 Å². The van der Waals surface area contributed by atoms with Crippen molar-refractivity contribution >= 4 is 0 Å². The number of ether oxygens (including phenoxy) is 1. The molecule has 0 bridgehead atoms. The number of morpholine rings is 1. The van der Waals surface area contributed by atoms with Gasteiger partial charge >= 0.3 is 0 Å². The van der Waals surface area contributed by atoms with E-state index in [1.54, 1.807) is 0 Å². The lowest BCUT2D eigenvalue weighted by molar-refractivity contribution is -0.0372. The molecular weight excluding hydrogens is 188 g/mol. The Bertz CT molecular complexity index is 206. The molecule has 3 heteroatoms. The molecule has 0 aromatic rings. The van der Waals surface area contributed by atoms with E-state index in [4.69, 9.17) is 4.74 Å². The van der Waals surface area contributed by atoms with Crippen molar-refractivity contribution in [3.05, 3.63) is 12.2 Å². The number of hydrogen-bond acceptors (Lipinski definition) is 3. The number of rotatable bonds is 5. The smallest absolute Gasteiger partial charge is 0.0858 e. The van der Waals surface area contributed by atoms with Gasteiger partial charge in [0.25, 0.3) is 0 Å². The molecule has 1 N–H and O–H groups in total. The standard InChI is InChI=1S/C12H24N2O/c1-5-10(2)8-11(13-3)12-9-14(4)6-7-15-12/h11-13H,2,5-9H2,1,3-4H3. The fourth-order valence-electron chi connectivity index (χ4n) is 1.93. The predicted octanol–water partition coefficient (Wildman–Crippen LogP) is 1.26. The van der Waals surface area contributed by atoms with Crippen LogP contribution in [-0.2, 0) is 4.74 Å². The van der Waals surface area contributed by atoms with E-state index in [1.165, 1.54) is 5.57 Å². The van der Waals surface area contributed by atoms with Gasteiger partial charge in [0, 0.05) is 19.1 Å². The molecule has 1 fully saturated rings. The zero-order chi connectivity index (χ0) is 11.3. The lowest BCUT2D eigenvalue weighted by Crippen LogP contribution is -2.50. The van der Waals surface area contributed by atoms with E-state index in [9.17, 15) is 0 Å². The average molecular weight is 212 g/mol. The maximum Gasteiger partial charge on any atom is 0.0858 e. The van der Waals surface area contributed by atoms with Crippen LogP contribution in [0.1, 0.15) is 19.8 Å². The lowest BCUT2D eigenvalue weighted by Gasteiger charge is -2.35. The second-order valence-corrected chi connectivity index (χ2v) is 4.37. The first-order valence-electron chi connectivity index (χ1n) is 5.81. The van der Waals surface area contributed by atoms with Gasteiger partial charge < -0.3 is 15.0 Å². The molecule has 88 valence electrons. The van der Waals surface area contributed by atoms with E-state index in [0.29, 0.717) is 12.1 Å². The molecule has 15 heavy (non-hydrogen) atoms. The van der Waals surface area contributed by atoms with Crippen molar-refractivity contribution in [3.63, 3.8) is 0 Å². The van der Waals surface area contributed by atoms with Crippen molar-refractivity contribution in [2.75, 3.05) is 33.8 Å². The van der Waals surface area contributed by atoms with Crippen LogP contribution in [0, 0.1) is 0 Å². The van der Waals surface area contributed by atoms with E-state index in [2.05, 4.69) is 30.8 Å². The van der Waals surface area contributed by atoms with Crippen LogP contribution in [0.4, 0.5) is 0 Å². The normalized spacial score (nSPS) is 25.1. The molecule has 0 spiro atoms. The summed E-state index contributed by atoms with van der Waals surface area (Å²) in [5.74, 6) is 0. The molecule has 0 saturated carbocycles. The highest BCUT2D eigenvalue weighted by molar-refractivity contribution is 4.99. The number of nitrogens with one attached hydrogen (secondary N) is 1. The van der Waals surface area contributed by atoms with Crippen molar-refractivity contribution < 1.29 is 4.74 Å². The van der Waals surface area contributed by atoms with Crippen LogP contribution in [0.25, 0.3) is 0 Å². The van der Waals surface area contributed by atoms with Crippen LogP contribution < -0.4 is 5.32 Å². The Kier molecular flexibility index (Phi) is 5.29. The third-order valence-corrected chi connectivity index (χ3v) is 3.12. The minimum absolute atomic E-state index is 0.303. The predicted molar refractivity (Wildman–Crippen MR) is 64.1 cm³/mol. The number of nitrogens with zero attached hydrogens (tertiary/aromatic N) is 1. The van der Waals surface area contributed by atoms with Gasteiger partial charge in [-0.25, -0.2) is 0 Å². The summed E-state index contributed by atoms with van der Waals surface area (Å²) in [5, 5.41) is 3.35. The van der Waals surface area contributed by atoms with Crippen molar-refractivity contribution in [1.29, 1.82) is 0 Å². The average Bonchev–Trinajstić information content (AvgIpc) is 2.25. The Morgan fingerprint density at radius 3 is 2.93 bits per heavy atom. The van der Waals surface area contributed by atoms with Crippen molar-refractivity contribution in [1.82, 2.24) is 10.2 Å². The molecule has 1 rings (SSSR count). The van der Waals surface area contributed by atoms with Crippen LogP contribution in [-0.4, -0.2) is 50.8 Å². The molecule has 0 amide bonds. The molecule has 1 aliphatic heterocycles. The topological polar surface area (TPSA) is 24.5 Å². The highest BCUT2D eigenvalue weighted by Gasteiger charge is 2.25. The van der Waals surface area contributed by atoms with Gasteiger partial charge in [0.1, 0.15) is 0 Å². The number of hydrogen-bond donors (Lipinski definition) is 1. The molecule has 1 saturated heterocycles. The number of likely N-dealkylation sites (N-methyl/N-ethyl adjacent to an activating group) is 2. The van der Waals surface area contributed by atoms with Gasteiger partial charge in [-0.3, -0.25) is 0 Å². The van der Waals surface area contributed by atoms with Crippen LogP contribution in [0.5, 0.6) is 0 Å². The maximum atomic E-state index is 5.80. The third kappa shape index (κ3) is 3.93. The highest BCUT2D eigenvalue weighted by atomic mass is 16.5. The lowest BCUT2D eigenvalue weighted by atomic mass is 10.00. The van der Waals surface area contributed by atoms with Crippen molar-refractivity contribution in [3.8, 4) is 0 Å². The summed E-state index contributed by atoms with van der Waals surface area (Å²) in [6.45, 7) is 9.13. The molecule has 2 unspecified atom stereocenters. The van der Waals surface area contributed by atoms with Gasteiger partial charge in [0.2, 0.25) is 0 Å². The van der Waals surface area contributed by atoms with E-state index in [1.807, 2.05) is 7.05 Å². The summed E-state index contributed by atoms with van der Waals surface area (Å²) in [4.78, 5) is 2.33. The van der Waals surface area contributed by atoms with Crippen LogP contribution in [0.3, 0.4) is 0 Å². The Morgan fingerprint density at radius 2 is 2.40 bits per heavy atom. The maximum absolute atomic E-state index is 5.80. The van der Waals surface area contributed by atoms with Crippen molar-refractivity contribution in [2.45, 2.75) is 31.9 Å². The highest BCUT2D eigenvalue weighted by Crippen LogP contribution is 2.15. The minimum Gasteiger partial charge on any atom is -0.374 e. The second kappa shape index (κ2) is 6.26. The minimum atomic E-state index is 0.303. The van der Waals surface area contributed by atoms with Crippen LogP contribution in [0.2, 0.25) is 0 Å². The third-order valence-electron chi connectivity index (χ3n) is 3.12. The summed E-state index contributed by atoms with van der Waals surface area (Å²) >= 11 is 0. The van der Waals surface area contributed by atoms with Crippen LogP contribution in [0.15, 0.2) is 12.2 Å². The first kappa shape index (κ1) is 12.7. The summed E-state index contributed by atoms with van der Waals surface area (Å²) < 4.78 is 5.80. The first-order chi connectivity index (χ1) is 7.17. The van der Waals surface area contributed by atoms with Gasteiger partial charge in [-0.05, 0) is 26.9 Å². The van der Waals surface area contributed by atoms with Crippen molar-refractivity contribution in [2.24, 2.45) is 0 Å². The molecule has 0 radical (unpaired) electrons. The quantitative estimate of drug-likeness (QED) is 0.694. The summed E-state index contributed by atoms with van der Waals surface area (Å²) in [6.07, 6.45) is 2.38. The molecule has 0 aromatic heterocycles. The van der Waals surface area contributed by atoms with E-state index in [-0.39, 0.29) is 0 Å². The Balaban J connectivity index is 2.45. The van der Waals surface area contributed by atoms with E-state index < -0.39 is 0 Å². The fraction of sp³-hybridized carbons (Fsp3) is 0.833. The van der Waals surface area contributed by atoms with E-state index >= 15 is 0 Å². The SMILES string of the molecule is C=C(CC)CC(NC)C1CN(C)CCO1. The molecule has 0 aliphatic carbocycles.